The van der Waals surface area contributed by atoms with Gasteiger partial charge in [0.15, 0.2) is 18.2 Å². The molecule has 1 aromatic heterocycles. The van der Waals surface area contributed by atoms with E-state index in [0.717, 1.165) is 40.0 Å². The van der Waals surface area contributed by atoms with E-state index in [4.69, 9.17) is 9.47 Å². The lowest BCUT2D eigenvalue weighted by atomic mass is 10.2. The molecule has 0 fully saturated rings. The maximum Gasteiger partial charge on any atom is 0.262 e. The molecule has 0 bridgehead atoms. The summed E-state index contributed by atoms with van der Waals surface area (Å²) < 4.78 is 10.5. The Kier molecular flexibility index (Phi) is 5.64. The van der Waals surface area contributed by atoms with Crippen molar-refractivity contribution in [1.29, 1.82) is 0 Å². The van der Waals surface area contributed by atoms with Gasteiger partial charge in [0.05, 0.1) is 5.69 Å². The van der Waals surface area contributed by atoms with Crippen LogP contribution in [-0.4, -0.2) is 24.1 Å². The van der Waals surface area contributed by atoms with E-state index in [1.165, 1.54) is 0 Å². The van der Waals surface area contributed by atoms with Crippen LogP contribution in [0.2, 0.25) is 0 Å². The molecule has 3 heterocycles. The highest BCUT2D eigenvalue weighted by Gasteiger charge is 2.14. The summed E-state index contributed by atoms with van der Waals surface area (Å²) in [6, 6.07) is 9.55. The van der Waals surface area contributed by atoms with E-state index >= 15 is 0 Å². The van der Waals surface area contributed by atoms with Crippen LogP contribution in [0.15, 0.2) is 42.6 Å². The molecule has 0 atom stereocenters. The Balaban J connectivity index is 0.000000173. The van der Waals surface area contributed by atoms with Crippen molar-refractivity contribution in [2.75, 3.05) is 23.8 Å². The molecular formula is C19H23N3O3. The van der Waals surface area contributed by atoms with Gasteiger partial charge >= 0.3 is 0 Å². The topological polar surface area (TPSA) is 72.5 Å². The second-order valence-corrected chi connectivity index (χ2v) is 5.65. The van der Waals surface area contributed by atoms with Gasteiger partial charge in [0, 0.05) is 11.4 Å². The van der Waals surface area contributed by atoms with Gasteiger partial charge in [0.1, 0.15) is 12.4 Å². The van der Waals surface area contributed by atoms with E-state index in [0.29, 0.717) is 6.61 Å². The Bertz CT molecular complexity index is 735. The molecule has 1 amide bonds. The Morgan fingerprint density at radius 2 is 1.76 bits per heavy atom. The van der Waals surface area contributed by atoms with Gasteiger partial charge in [-0.2, -0.15) is 0 Å². The number of nitrogens with zero attached hydrogens (tertiary/aromatic N) is 1. The number of carbonyl (C=O) groups is 1. The van der Waals surface area contributed by atoms with Gasteiger partial charge in [-0.05, 0) is 43.7 Å². The summed E-state index contributed by atoms with van der Waals surface area (Å²) in [5, 5.41) is 5.81. The summed E-state index contributed by atoms with van der Waals surface area (Å²) in [7, 11) is 0. The summed E-state index contributed by atoms with van der Waals surface area (Å²) in [6.45, 7) is 8.33. The van der Waals surface area contributed by atoms with E-state index in [2.05, 4.69) is 22.2 Å². The molecule has 2 aliphatic heterocycles. The highest BCUT2D eigenvalue weighted by Crippen LogP contribution is 2.28. The van der Waals surface area contributed by atoms with Crippen LogP contribution in [0.4, 0.5) is 11.5 Å². The first-order chi connectivity index (χ1) is 11.5. The third kappa shape index (κ3) is 4.50. The molecule has 0 aliphatic carbocycles. The van der Waals surface area contributed by atoms with Gasteiger partial charge in [0.2, 0.25) is 0 Å². The lowest BCUT2D eigenvalue weighted by Gasteiger charge is -2.19. The lowest BCUT2D eigenvalue weighted by Crippen LogP contribution is -2.25. The normalized spacial score (nSPS) is 14.0. The van der Waals surface area contributed by atoms with Gasteiger partial charge in [0.25, 0.3) is 5.91 Å². The van der Waals surface area contributed by atoms with Gasteiger partial charge in [-0.15, -0.1) is 0 Å². The zero-order valence-electron chi connectivity index (χ0n) is 13.7. The molecule has 132 valence electrons. The van der Waals surface area contributed by atoms with Crippen LogP contribution in [-0.2, 0) is 4.79 Å². The Labute approximate surface area is 147 Å². The molecule has 25 heavy (non-hydrogen) atoms. The number of carbonyl (C=O) groups excluding carboxylic acids is 1. The fourth-order valence-electron chi connectivity index (χ4n) is 2.32. The van der Waals surface area contributed by atoms with Gasteiger partial charge in [-0.25, -0.2) is 4.98 Å². The number of amides is 1. The van der Waals surface area contributed by atoms with Crippen molar-refractivity contribution in [3.63, 3.8) is 0 Å². The Morgan fingerprint density at radius 1 is 1.04 bits per heavy atom. The molecular weight excluding hydrogens is 318 g/mol. The zero-order valence-corrected chi connectivity index (χ0v) is 13.7. The van der Waals surface area contributed by atoms with Crippen LogP contribution in [0.1, 0.15) is 18.7 Å². The summed E-state index contributed by atoms with van der Waals surface area (Å²) in [4.78, 5) is 15.2. The first-order valence-corrected chi connectivity index (χ1v) is 7.60. The van der Waals surface area contributed by atoms with Crippen LogP contribution in [0, 0.1) is 13.8 Å². The monoisotopic (exact) mass is 341 g/mol. The van der Waals surface area contributed by atoms with Crippen LogP contribution in [0.25, 0.3) is 0 Å². The first kappa shape index (κ1) is 18.3. The molecule has 0 unspecified atom stereocenters. The predicted octanol–water partition coefficient (Wildman–Crippen LogP) is 3.67. The molecule has 0 spiro atoms. The Morgan fingerprint density at radius 3 is 2.56 bits per heavy atom. The van der Waals surface area contributed by atoms with Crippen molar-refractivity contribution in [2.24, 2.45) is 0 Å². The van der Waals surface area contributed by atoms with Crippen LogP contribution in [0.3, 0.4) is 0 Å². The van der Waals surface area contributed by atoms with Crippen molar-refractivity contribution in [1.82, 2.24) is 4.98 Å². The van der Waals surface area contributed by atoms with Gasteiger partial charge in [-0.3, -0.25) is 4.79 Å². The predicted molar refractivity (Wildman–Crippen MR) is 99.3 cm³/mol. The highest BCUT2D eigenvalue weighted by atomic mass is 16.5. The van der Waals surface area contributed by atoms with E-state index in [9.17, 15) is 4.79 Å². The van der Waals surface area contributed by atoms with Crippen LogP contribution >= 0.6 is 0 Å². The van der Waals surface area contributed by atoms with Crippen LogP contribution in [0.5, 0.6) is 11.5 Å². The van der Waals surface area contributed by atoms with Crippen molar-refractivity contribution in [3.05, 3.63) is 53.9 Å². The molecule has 0 saturated heterocycles. The number of fused-ring (bicyclic) bond motifs is 2. The van der Waals surface area contributed by atoms with Gasteiger partial charge < -0.3 is 20.1 Å². The van der Waals surface area contributed by atoms with E-state index in [1.54, 1.807) is 0 Å². The second-order valence-electron chi connectivity index (χ2n) is 5.65. The number of hydrogen-bond donors (Lipinski definition) is 2. The average Bonchev–Trinajstić information content (AvgIpc) is 2.54. The molecule has 4 rings (SSSR count). The fraction of sp³-hybridized carbons (Fsp3) is 0.263. The smallest absolute Gasteiger partial charge is 0.262 e. The summed E-state index contributed by atoms with van der Waals surface area (Å²) in [5.74, 6) is 2.23. The number of hydrogen-bond acceptors (Lipinski definition) is 5. The Hall–Kier alpha value is -3.02. The number of pyridine rings is 1. The molecule has 6 nitrogen and oxygen atoms in total. The number of anilines is 2. The number of aromatic nitrogens is 1. The summed E-state index contributed by atoms with van der Waals surface area (Å²) >= 11 is 0. The van der Waals surface area contributed by atoms with Crippen molar-refractivity contribution >= 4 is 17.4 Å². The maximum absolute atomic E-state index is 10.9. The number of ether oxygens (including phenoxy) is 2. The average molecular weight is 341 g/mol. The fourth-order valence-corrected chi connectivity index (χ4v) is 2.32. The third-order valence-corrected chi connectivity index (χ3v) is 3.46. The molecule has 0 radical (unpaired) electrons. The number of aryl methyl sites for hydroxylation is 2. The molecule has 2 aliphatic rings. The van der Waals surface area contributed by atoms with Crippen LogP contribution < -0.4 is 20.1 Å². The quantitative estimate of drug-likeness (QED) is 0.765. The van der Waals surface area contributed by atoms with Crippen molar-refractivity contribution in [2.45, 2.75) is 21.3 Å². The molecule has 0 saturated carbocycles. The zero-order chi connectivity index (χ0) is 17.1. The minimum absolute atomic E-state index is 0. The first-order valence-electron chi connectivity index (χ1n) is 7.60. The largest absolute Gasteiger partial charge is 0.484 e. The van der Waals surface area contributed by atoms with E-state index < -0.39 is 0 Å². The minimum Gasteiger partial charge on any atom is -0.484 e. The molecule has 6 heteroatoms. The SMILES string of the molecule is C.C=C1COc2ccc(C)nc2N1.Cc1ccc2c(c1)NC(=O)CO2. The highest BCUT2D eigenvalue weighted by molar-refractivity contribution is 5.95. The van der Waals surface area contributed by atoms with Crippen molar-refractivity contribution in [3.8, 4) is 11.5 Å². The summed E-state index contributed by atoms with van der Waals surface area (Å²) in [6.07, 6.45) is 0. The number of benzene rings is 1. The maximum atomic E-state index is 10.9. The van der Waals surface area contributed by atoms with E-state index in [-0.39, 0.29) is 19.9 Å². The second kappa shape index (κ2) is 7.70. The van der Waals surface area contributed by atoms with Crippen molar-refractivity contribution < 1.29 is 14.3 Å². The lowest BCUT2D eigenvalue weighted by molar-refractivity contribution is -0.118. The minimum atomic E-state index is -0.0897. The molecule has 2 N–H and O–H groups in total. The number of rotatable bonds is 0. The van der Waals surface area contributed by atoms with E-state index in [1.807, 2.05) is 44.2 Å². The third-order valence-electron chi connectivity index (χ3n) is 3.46. The summed E-state index contributed by atoms with van der Waals surface area (Å²) in [5.41, 5.74) is 3.70. The van der Waals surface area contributed by atoms with Gasteiger partial charge in [-0.1, -0.05) is 20.1 Å². The standard InChI is InChI=1S/C9H10N2O.C9H9NO2.CH4/c1-6-3-4-8-9(10-6)11-7(2)5-12-8;1-6-2-3-8-7(4-6)10-9(11)5-12-8;/h3-4H,2,5H2,1H3,(H,10,11);2-4H,5H2,1H3,(H,10,11);1H4. The molecule has 1 aromatic carbocycles. The number of nitrogens with one attached hydrogen (secondary N) is 2. The molecule has 2 aromatic rings.